The molecule has 2 aliphatic carbocycles. The molecule has 1 unspecified atom stereocenters. The SMILES string of the molecule is Clc1ccc2c(c1)C1(c3ccccc3C=C(c3ccccc3)c3ccccc31)c1ccccc1-2. The molecule has 0 fully saturated rings. The summed E-state index contributed by atoms with van der Waals surface area (Å²) >= 11 is 6.68. The highest BCUT2D eigenvalue weighted by atomic mass is 35.5. The minimum Gasteiger partial charge on any atom is -0.0843 e. The Balaban J connectivity index is 1.70. The fourth-order valence-electron chi connectivity index (χ4n) is 6.08. The van der Waals surface area contributed by atoms with E-state index in [0.29, 0.717) is 0 Å². The van der Waals surface area contributed by atoms with Crippen molar-refractivity contribution in [2.45, 2.75) is 5.41 Å². The molecule has 5 aromatic carbocycles. The average Bonchev–Trinajstić information content (AvgIpc) is 3.10. The molecule has 0 amide bonds. The molecule has 0 aliphatic heterocycles. The van der Waals surface area contributed by atoms with Crippen molar-refractivity contribution in [2.75, 3.05) is 0 Å². The van der Waals surface area contributed by atoms with Crippen LogP contribution >= 0.6 is 11.6 Å². The van der Waals surface area contributed by atoms with E-state index >= 15 is 0 Å². The van der Waals surface area contributed by atoms with Gasteiger partial charge in [-0.05, 0) is 73.9 Å². The minimum atomic E-state index is -0.447. The predicted molar refractivity (Wildman–Crippen MR) is 142 cm³/mol. The zero-order valence-corrected chi connectivity index (χ0v) is 19.3. The summed E-state index contributed by atoms with van der Waals surface area (Å²) in [5.74, 6) is 0. The lowest BCUT2D eigenvalue weighted by molar-refractivity contribution is 0.766. The van der Waals surface area contributed by atoms with E-state index in [0.717, 1.165) is 5.02 Å². The largest absolute Gasteiger partial charge is 0.0843 e. The molecule has 160 valence electrons. The van der Waals surface area contributed by atoms with E-state index in [1.807, 2.05) is 6.07 Å². The highest BCUT2D eigenvalue weighted by Crippen LogP contribution is 2.59. The van der Waals surface area contributed by atoms with Gasteiger partial charge in [0.2, 0.25) is 0 Å². The van der Waals surface area contributed by atoms with E-state index in [4.69, 9.17) is 11.6 Å². The van der Waals surface area contributed by atoms with E-state index in [1.54, 1.807) is 0 Å². The van der Waals surface area contributed by atoms with Crippen molar-refractivity contribution in [1.29, 1.82) is 0 Å². The number of hydrogen-bond acceptors (Lipinski definition) is 0. The minimum absolute atomic E-state index is 0.447. The first-order valence-corrected chi connectivity index (χ1v) is 12.0. The lowest BCUT2D eigenvalue weighted by atomic mass is 9.66. The summed E-state index contributed by atoms with van der Waals surface area (Å²) in [6.45, 7) is 0. The maximum absolute atomic E-state index is 6.68. The fourth-order valence-corrected chi connectivity index (χ4v) is 6.25. The summed E-state index contributed by atoms with van der Waals surface area (Å²) in [5, 5.41) is 0.765. The molecule has 34 heavy (non-hydrogen) atoms. The molecule has 1 spiro atoms. The molecule has 0 heterocycles. The standard InChI is InChI=1S/C33H21Cl/c34-24-18-19-27-25-13-5-8-16-30(25)33(32(27)21-24)29-15-7-4-12-23(29)20-28(22-10-2-1-3-11-22)26-14-6-9-17-31(26)33/h1-21H. The first-order valence-electron chi connectivity index (χ1n) is 11.6. The van der Waals surface area contributed by atoms with Crippen molar-refractivity contribution in [3.05, 3.63) is 165 Å². The Bertz CT molecular complexity index is 1610. The van der Waals surface area contributed by atoms with Crippen LogP contribution in [0.1, 0.15) is 38.9 Å². The third kappa shape index (κ3) is 2.55. The third-order valence-electron chi connectivity index (χ3n) is 7.38. The molecule has 0 nitrogen and oxygen atoms in total. The third-order valence-corrected chi connectivity index (χ3v) is 7.61. The van der Waals surface area contributed by atoms with Crippen LogP contribution in [-0.4, -0.2) is 0 Å². The molecule has 0 saturated heterocycles. The van der Waals surface area contributed by atoms with Crippen LogP contribution in [0.3, 0.4) is 0 Å². The summed E-state index contributed by atoms with van der Waals surface area (Å²) < 4.78 is 0. The Kier molecular flexibility index (Phi) is 4.21. The van der Waals surface area contributed by atoms with E-state index in [9.17, 15) is 0 Å². The normalized spacial score (nSPS) is 17.3. The summed E-state index contributed by atoms with van der Waals surface area (Å²) in [7, 11) is 0. The van der Waals surface area contributed by atoms with Crippen LogP contribution in [-0.2, 0) is 5.41 Å². The van der Waals surface area contributed by atoms with Crippen LogP contribution in [0.15, 0.2) is 121 Å². The summed E-state index contributed by atoms with van der Waals surface area (Å²) in [5.41, 5.74) is 12.2. The summed E-state index contributed by atoms with van der Waals surface area (Å²) in [4.78, 5) is 0. The van der Waals surface area contributed by atoms with Crippen LogP contribution in [0.2, 0.25) is 5.02 Å². The van der Waals surface area contributed by atoms with Gasteiger partial charge < -0.3 is 0 Å². The van der Waals surface area contributed by atoms with E-state index in [2.05, 4.69) is 121 Å². The molecule has 0 radical (unpaired) electrons. The monoisotopic (exact) mass is 452 g/mol. The Hall–Kier alpha value is -3.87. The van der Waals surface area contributed by atoms with Crippen LogP contribution in [0, 0.1) is 0 Å². The molecular weight excluding hydrogens is 432 g/mol. The molecule has 0 aromatic heterocycles. The zero-order chi connectivity index (χ0) is 22.7. The van der Waals surface area contributed by atoms with Gasteiger partial charge in [-0.2, -0.15) is 0 Å². The van der Waals surface area contributed by atoms with Crippen molar-refractivity contribution < 1.29 is 0 Å². The van der Waals surface area contributed by atoms with Gasteiger partial charge in [-0.25, -0.2) is 0 Å². The second-order valence-electron chi connectivity index (χ2n) is 9.04. The molecule has 0 N–H and O–H groups in total. The second-order valence-corrected chi connectivity index (χ2v) is 9.48. The van der Waals surface area contributed by atoms with Gasteiger partial charge in [0.25, 0.3) is 0 Å². The molecule has 2 aliphatic rings. The number of rotatable bonds is 1. The van der Waals surface area contributed by atoms with Gasteiger partial charge in [0.15, 0.2) is 0 Å². The number of fused-ring (bicyclic) bond motifs is 9. The zero-order valence-electron chi connectivity index (χ0n) is 18.5. The first-order chi connectivity index (χ1) is 16.8. The quantitative estimate of drug-likeness (QED) is 0.234. The number of benzene rings is 5. The Morgan fingerprint density at radius 3 is 1.85 bits per heavy atom. The van der Waals surface area contributed by atoms with E-state index in [1.165, 1.54) is 55.6 Å². The van der Waals surface area contributed by atoms with Crippen LogP contribution in [0.25, 0.3) is 22.8 Å². The molecule has 7 rings (SSSR count). The topological polar surface area (TPSA) is 0 Å². The molecular formula is C33H21Cl. The summed E-state index contributed by atoms with van der Waals surface area (Å²) in [6.07, 6.45) is 2.36. The molecule has 1 heteroatoms. The molecule has 1 atom stereocenters. The summed E-state index contributed by atoms with van der Waals surface area (Å²) in [6, 6.07) is 43.7. The lowest BCUT2D eigenvalue weighted by Gasteiger charge is -2.35. The van der Waals surface area contributed by atoms with Crippen LogP contribution in [0.5, 0.6) is 0 Å². The Morgan fingerprint density at radius 1 is 0.471 bits per heavy atom. The predicted octanol–water partition coefficient (Wildman–Crippen LogP) is 8.61. The highest BCUT2D eigenvalue weighted by molar-refractivity contribution is 6.30. The smallest absolute Gasteiger partial charge is 0.0725 e. The molecule has 0 saturated carbocycles. The van der Waals surface area contributed by atoms with Crippen LogP contribution < -0.4 is 0 Å². The van der Waals surface area contributed by atoms with Crippen molar-refractivity contribution in [2.24, 2.45) is 0 Å². The van der Waals surface area contributed by atoms with Crippen molar-refractivity contribution in [1.82, 2.24) is 0 Å². The second kappa shape index (κ2) is 7.32. The highest BCUT2D eigenvalue weighted by Gasteiger charge is 2.49. The first kappa shape index (κ1) is 19.6. The van der Waals surface area contributed by atoms with Crippen LogP contribution in [0.4, 0.5) is 0 Å². The maximum Gasteiger partial charge on any atom is 0.0725 e. The fraction of sp³-hybridized carbons (Fsp3) is 0.0303. The average molecular weight is 453 g/mol. The Labute approximate surface area is 204 Å². The molecule has 0 bridgehead atoms. The number of hydrogen-bond donors (Lipinski definition) is 0. The van der Waals surface area contributed by atoms with Gasteiger partial charge in [-0.15, -0.1) is 0 Å². The van der Waals surface area contributed by atoms with Gasteiger partial charge in [0, 0.05) is 5.02 Å². The van der Waals surface area contributed by atoms with E-state index in [-0.39, 0.29) is 0 Å². The van der Waals surface area contributed by atoms with Gasteiger partial charge in [0.1, 0.15) is 0 Å². The van der Waals surface area contributed by atoms with Gasteiger partial charge in [-0.3, -0.25) is 0 Å². The van der Waals surface area contributed by atoms with Gasteiger partial charge in [0.05, 0.1) is 5.41 Å². The Morgan fingerprint density at radius 2 is 1.06 bits per heavy atom. The van der Waals surface area contributed by atoms with Gasteiger partial charge >= 0.3 is 0 Å². The van der Waals surface area contributed by atoms with Crippen molar-refractivity contribution in [3.8, 4) is 11.1 Å². The maximum atomic E-state index is 6.68. The lowest BCUT2D eigenvalue weighted by Crippen LogP contribution is -2.30. The van der Waals surface area contributed by atoms with E-state index < -0.39 is 5.41 Å². The van der Waals surface area contributed by atoms with Crippen molar-refractivity contribution in [3.63, 3.8) is 0 Å². The van der Waals surface area contributed by atoms with Crippen molar-refractivity contribution >= 4 is 23.3 Å². The van der Waals surface area contributed by atoms with Gasteiger partial charge in [-0.1, -0.05) is 121 Å². The molecule has 5 aromatic rings. The number of halogens is 1.